The van der Waals surface area contributed by atoms with Gasteiger partial charge in [0.2, 0.25) is 0 Å². The highest BCUT2D eigenvalue weighted by atomic mass is 16.5. The Morgan fingerprint density at radius 2 is 1.92 bits per heavy atom. The fourth-order valence-corrected chi connectivity index (χ4v) is 3.47. The number of hydrogen-bond donors (Lipinski definition) is 1. The molecule has 0 fully saturated rings. The van der Waals surface area contributed by atoms with E-state index < -0.39 is 6.10 Å². The molecule has 6 nitrogen and oxygen atoms in total. The molecular weight excluding hydrogens is 330 g/mol. The standard InChI is InChI=1S/C20H21N3O3/c1-22-15-9-7-13(11-16(15)23(2)20(22)25)12-21-19(24)18-10-8-14-5-3-4-6-17(14)26-18/h3-7,9,11,18H,8,10,12H2,1-2H3,(H,21,24)/t18-/m0/s1. The molecular formula is C20H21N3O3. The van der Waals surface area contributed by atoms with Crippen LogP contribution >= 0.6 is 0 Å². The Morgan fingerprint density at radius 3 is 2.77 bits per heavy atom. The van der Waals surface area contributed by atoms with E-state index in [-0.39, 0.29) is 11.6 Å². The number of nitrogens with zero attached hydrogens (tertiary/aromatic N) is 2. The number of aryl methyl sites for hydroxylation is 3. The molecule has 1 aromatic heterocycles. The predicted molar refractivity (Wildman–Crippen MR) is 99.2 cm³/mol. The Morgan fingerprint density at radius 1 is 1.15 bits per heavy atom. The number of rotatable bonds is 3. The van der Waals surface area contributed by atoms with Crippen LogP contribution in [0.15, 0.2) is 47.3 Å². The predicted octanol–water partition coefficient (Wildman–Crippen LogP) is 1.89. The molecule has 134 valence electrons. The fourth-order valence-electron chi connectivity index (χ4n) is 3.47. The molecule has 0 saturated carbocycles. The van der Waals surface area contributed by atoms with Crippen molar-refractivity contribution in [1.82, 2.24) is 14.5 Å². The number of hydrogen-bond acceptors (Lipinski definition) is 3. The van der Waals surface area contributed by atoms with Crippen LogP contribution in [0.25, 0.3) is 11.0 Å². The number of aromatic nitrogens is 2. The molecule has 1 amide bonds. The highest BCUT2D eigenvalue weighted by molar-refractivity contribution is 5.82. The Hall–Kier alpha value is -3.02. The second kappa shape index (κ2) is 6.37. The Balaban J connectivity index is 1.46. The molecule has 0 unspecified atom stereocenters. The minimum Gasteiger partial charge on any atom is -0.480 e. The van der Waals surface area contributed by atoms with Gasteiger partial charge in [0.1, 0.15) is 5.75 Å². The van der Waals surface area contributed by atoms with E-state index in [9.17, 15) is 9.59 Å². The van der Waals surface area contributed by atoms with Gasteiger partial charge in [0, 0.05) is 20.6 Å². The maximum Gasteiger partial charge on any atom is 0.328 e. The van der Waals surface area contributed by atoms with Gasteiger partial charge >= 0.3 is 5.69 Å². The summed E-state index contributed by atoms with van der Waals surface area (Å²) < 4.78 is 9.06. The average molecular weight is 351 g/mol. The van der Waals surface area contributed by atoms with Crippen LogP contribution in [0.4, 0.5) is 0 Å². The summed E-state index contributed by atoms with van der Waals surface area (Å²) in [6.45, 7) is 0.402. The van der Waals surface area contributed by atoms with Gasteiger partial charge in [0.05, 0.1) is 11.0 Å². The van der Waals surface area contributed by atoms with Crippen molar-refractivity contribution in [2.24, 2.45) is 14.1 Å². The summed E-state index contributed by atoms with van der Waals surface area (Å²) in [5.74, 6) is 0.682. The molecule has 0 aliphatic carbocycles. The molecule has 0 radical (unpaired) electrons. The van der Waals surface area contributed by atoms with Gasteiger partial charge in [-0.25, -0.2) is 4.79 Å². The van der Waals surface area contributed by atoms with Crippen molar-refractivity contribution in [3.05, 3.63) is 64.1 Å². The van der Waals surface area contributed by atoms with Crippen LogP contribution in [0.5, 0.6) is 5.75 Å². The van der Waals surface area contributed by atoms with E-state index in [1.165, 1.54) is 0 Å². The van der Waals surface area contributed by atoms with Gasteiger partial charge in [-0.3, -0.25) is 13.9 Å². The first-order chi connectivity index (χ1) is 12.5. The average Bonchev–Trinajstić information content (AvgIpc) is 2.89. The summed E-state index contributed by atoms with van der Waals surface area (Å²) in [5.41, 5.74) is 3.76. The minimum absolute atomic E-state index is 0.0598. The van der Waals surface area contributed by atoms with Crippen molar-refractivity contribution in [1.29, 1.82) is 0 Å². The van der Waals surface area contributed by atoms with Gasteiger partial charge in [0.25, 0.3) is 5.91 Å². The molecule has 0 spiro atoms. The molecule has 2 heterocycles. The number of nitrogens with one attached hydrogen (secondary N) is 1. The molecule has 26 heavy (non-hydrogen) atoms. The molecule has 0 saturated heterocycles. The van der Waals surface area contributed by atoms with Gasteiger partial charge in [-0.2, -0.15) is 0 Å². The number of fused-ring (bicyclic) bond motifs is 2. The van der Waals surface area contributed by atoms with E-state index in [2.05, 4.69) is 5.32 Å². The fraction of sp³-hybridized carbons (Fsp3) is 0.300. The third-order valence-electron chi connectivity index (χ3n) is 5.01. The molecule has 0 bridgehead atoms. The second-order valence-corrected chi connectivity index (χ2v) is 6.69. The first-order valence-corrected chi connectivity index (χ1v) is 8.71. The largest absolute Gasteiger partial charge is 0.480 e. The zero-order chi connectivity index (χ0) is 18.3. The lowest BCUT2D eigenvalue weighted by atomic mass is 10.0. The Labute approximate surface area is 151 Å². The summed E-state index contributed by atoms with van der Waals surface area (Å²) in [6, 6.07) is 13.6. The van der Waals surface area contributed by atoms with Crippen LogP contribution in [0.1, 0.15) is 17.5 Å². The van der Waals surface area contributed by atoms with E-state index >= 15 is 0 Å². The maximum absolute atomic E-state index is 12.5. The van der Waals surface area contributed by atoms with Crippen LogP contribution < -0.4 is 15.7 Å². The Bertz CT molecular complexity index is 1050. The highest BCUT2D eigenvalue weighted by Crippen LogP contribution is 2.27. The van der Waals surface area contributed by atoms with E-state index in [4.69, 9.17) is 4.74 Å². The number of amides is 1. The zero-order valence-electron chi connectivity index (χ0n) is 14.9. The molecule has 4 rings (SSSR count). The van der Waals surface area contributed by atoms with Gasteiger partial charge in [-0.1, -0.05) is 24.3 Å². The zero-order valence-corrected chi connectivity index (χ0v) is 14.9. The van der Waals surface area contributed by atoms with Crippen molar-refractivity contribution < 1.29 is 9.53 Å². The smallest absolute Gasteiger partial charge is 0.328 e. The molecule has 1 N–H and O–H groups in total. The number of imidazole rings is 1. The van der Waals surface area contributed by atoms with E-state index in [0.717, 1.165) is 34.3 Å². The van der Waals surface area contributed by atoms with Gasteiger partial charge in [-0.15, -0.1) is 0 Å². The maximum atomic E-state index is 12.5. The monoisotopic (exact) mass is 351 g/mol. The summed E-state index contributed by atoms with van der Waals surface area (Å²) >= 11 is 0. The van der Waals surface area contributed by atoms with Gasteiger partial charge in [0.15, 0.2) is 6.10 Å². The highest BCUT2D eigenvalue weighted by Gasteiger charge is 2.25. The number of benzene rings is 2. The molecule has 6 heteroatoms. The molecule has 1 aliphatic heterocycles. The minimum atomic E-state index is -0.463. The van der Waals surface area contributed by atoms with Gasteiger partial charge < -0.3 is 10.1 Å². The number of para-hydroxylation sites is 1. The first kappa shape index (κ1) is 16.4. The van der Waals surface area contributed by atoms with Gasteiger partial charge in [-0.05, 0) is 42.2 Å². The van der Waals surface area contributed by atoms with Crippen molar-refractivity contribution >= 4 is 16.9 Å². The summed E-state index contributed by atoms with van der Waals surface area (Å²) in [7, 11) is 3.50. The van der Waals surface area contributed by atoms with E-state index in [0.29, 0.717) is 13.0 Å². The van der Waals surface area contributed by atoms with Crippen LogP contribution in [0.2, 0.25) is 0 Å². The summed E-state index contributed by atoms with van der Waals surface area (Å²) in [5, 5.41) is 2.95. The number of carbonyl (C=O) groups excluding carboxylic acids is 1. The summed E-state index contributed by atoms with van der Waals surface area (Å²) in [4.78, 5) is 24.5. The van der Waals surface area contributed by atoms with Crippen LogP contribution in [-0.2, 0) is 31.9 Å². The molecule has 1 aliphatic rings. The van der Waals surface area contributed by atoms with E-state index in [1.807, 2.05) is 42.5 Å². The lowest BCUT2D eigenvalue weighted by molar-refractivity contribution is -0.128. The van der Waals surface area contributed by atoms with Crippen LogP contribution in [0, 0.1) is 0 Å². The lowest BCUT2D eigenvalue weighted by Gasteiger charge is -2.25. The van der Waals surface area contributed by atoms with Crippen molar-refractivity contribution in [2.75, 3.05) is 0 Å². The number of carbonyl (C=O) groups is 1. The topological polar surface area (TPSA) is 65.3 Å². The van der Waals surface area contributed by atoms with Crippen molar-refractivity contribution in [2.45, 2.75) is 25.5 Å². The van der Waals surface area contributed by atoms with Crippen LogP contribution in [-0.4, -0.2) is 21.1 Å². The van der Waals surface area contributed by atoms with Crippen molar-refractivity contribution in [3.8, 4) is 5.75 Å². The Kier molecular flexibility index (Phi) is 4.03. The first-order valence-electron chi connectivity index (χ1n) is 8.71. The third kappa shape index (κ3) is 2.77. The lowest BCUT2D eigenvalue weighted by Crippen LogP contribution is -2.40. The molecule has 1 atom stereocenters. The van der Waals surface area contributed by atoms with E-state index in [1.54, 1.807) is 23.2 Å². The van der Waals surface area contributed by atoms with Crippen LogP contribution in [0.3, 0.4) is 0 Å². The molecule has 3 aromatic rings. The SMILES string of the molecule is Cn1c(=O)n(C)c2cc(CNC(=O)[C@@H]3CCc4ccccc4O3)ccc21. The third-order valence-corrected chi connectivity index (χ3v) is 5.01. The molecule has 2 aromatic carbocycles. The summed E-state index contributed by atoms with van der Waals surface area (Å²) in [6.07, 6.45) is 1.05. The number of ether oxygens (including phenoxy) is 1. The quantitative estimate of drug-likeness (QED) is 0.784. The normalized spacial score (nSPS) is 16.2. The second-order valence-electron chi connectivity index (χ2n) is 6.69. The van der Waals surface area contributed by atoms with Crippen molar-refractivity contribution in [3.63, 3.8) is 0 Å².